The van der Waals surface area contributed by atoms with Gasteiger partial charge in [0.05, 0.1) is 12.3 Å². The number of nitrogens with zero attached hydrogens (tertiary/aromatic N) is 2. The summed E-state index contributed by atoms with van der Waals surface area (Å²) < 4.78 is 6.39. The Morgan fingerprint density at radius 3 is 2.54 bits per heavy atom. The van der Waals surface area contributed by atoms with Gasteiger partial charge < -0.3 is 15.6 Å². The minimum Gasteiger partial charge on any atom is -0.507 e. The van der Waals surface area contributed by atoms with Crippen molar-refractivity contribution in [2.45, 2.75) is 6.92 Å². The molecule has 0 saturated heterocycles. The number of nitrogens with two attached hydrogens (primary N) is 1. The number of ether oxygens (including phenoxy) is 1. The summed E-state index contributed by atoms with van der Waals surface area (Å²) in [5, 5.41) is 10.4. The summed E-state index contributed by atoms with van der Waals surface area (Å²) in [6, 6.07) is 12.9. The van der Waals surface area contributed by atoms with E-state index in [1.165, 1.54) is 0 Å². The zero-order chi connectivity index (χ0) is 17.1. The molecule has 3 N–H and O–H groups in total. The van der Waals surface area contributed by atoms with E-state index in [0.29, 0.717) is 23.6 Å². The van der Waals surface area contributed by atoms with Gasteiger partial charge in [-0.3, -0.25) is 0 Å². The quantitative estimate of drug-likeness (QED) is 0.700. The highest BCUT2D eigenvalue weighted by Gasteiger charge is 2.15. The monoisotopic (exact) mass is 385 g/mol. The van der Waals surface area contributed by atoms with Gasteiger partial charge in [0, 0.05) is 27.9 Å². The van der Waals surface area contributed by atoms with Crippen LogP contribution in [0.3, 0.4) is 0 Å². The molecule has 0 aliphatic rings. The maximum absolute atomic E-state index is 10.4. The number of nitrogen functional groups attached to an aromatic ring is 1. The van der Waals surface area contributed by atoms with Gasteiger partial charge >= 0.3 is 0 Å². The smallest absolute Gasteiger partial charge is 0.220 e. The second-order valence-electron chi connectivity index (χ2n) is 5.11. The molecule has 3 rings (SSSR count). The number of hydrogen-bond donors (Lipinski definition) is 2. The van der Waals surface area contributed by atoms with Crippen LogP contribution >= 0.6 is 15.9 Å². The van der Waals surface area contributed by atoms with Crippen molar-refractivity contribution in [2.24, 2.45) is 0 Å². The van der Waals surface area contributed by atoms with Crippen LogP contribution in [0, 0.1) is 0 Å². The molecule has 0 amide bonds. The molecule has 122 valence electrons. The highest BCUT2D eigenvalue weighted by atomic mass is 79.9. The fourth-order valence-electron chi connectivity index (χ4n) is 2.41. The Hall–Kier alpha value is -2.60. The number of phenols is 1. The molecule has 0 fully saturated rings. The zero-order valence-electron chi connectivity index (χ0n) is 13.0. The lowest BCUT2D eigenvalue weighted by molar-refractivity contribution is 0.338. The van der Waals surface area contributed by atoms with Crippen LogP contribution in [-0.2, 0) is 0 Å². The van der Waals surface area contributed by atoms with Crippen molar-refractivity contribution in [3.05, 3.63) is 53.1 Å². The molecule has 0 aliphatic heterocycles. The van der Waals surface area contributed by atoms with E-state index in [1.54, 1.807) is 24.4 Å². The number of phenolic OH excluding ortho intramolecular Hbond substituents is 1. The first-order valence-electron chi connectivity index (χ1n) is 7.43. The Morgan fingerprint density at radius 1 is 1.12 bits per heavy atom. The Morgan fingerprint density at radius 2 is 1.88 bits per heavy atom. The Balaban J connectivity index is 2.13. The Kier molecular flexibility index (Phi) is 4.66. The first-order valence-corrected chi connectivity index (χ1v) is 8.22. The highest BCUT2D eigenvalue weighted by Crippen LogP contribution is 2.37. The van der Waals surface area contributed by atoms with E-state index in [0.717, 1.165) is 15.6 Å². The molecule has 0 radical (unpaired) electrons. The summed E-state index contributed by atoms with van der Waals surface area (Å²) in [7, 11) is 0. The van der Waals surface area contributed by atoms with E-state index >= 15 is 0 Å². The van der Waals surface area contributed by atoms with Crippen LogP contribution in [0.15, 0.2) is 53.1 Å². The van der Waals surface area contributed by atoms with Crippen molar-refractivity contribution >= 4 is 21.9 Å². The maximum Gasteiger partial charge on any atom is 0.220 e. The Labute approximate surface area is 148 Å². The number of rotatable bonds is 4. The first kappa shape index (κ1) is 16.3. The fraction of sp³-hybridized carbons (Fsp3) is 0.111. The predicted molar refractivity (Wildman–Crippen MR) is 97.9 cm³/mol. The topological polar surface area (TPSA) is 81.3 Å². The molecule has 24 heavy (non-hydrogen) atoms. The van der Waals surface area contributed by atoms with E-state index in [1.807, 2.05) is 31.2 Å². The minimum atomic E-state index is 0.0809. The number of halogens is 1. The normalized spacial score (nSPS) is 10.6. The maximum atomic E-state index is 10.4. The number of hydrogen-bond acceptors (Lipinski definition) is 5. The molecular formula is C18H16BrN3O2. The van der Waals surface area contributed by atoms with Gasteiger partial charge in [-0.2, -0.15) is 0 Å². The molecule has 1 heterocycles. The average Bonchev–Trinajstić information content (AvgIpc) is 2.56. The fourth-order valence-corrected chi connectivity index (χ4v) is 2.67. The molecule has 0 spiro atoms. The number of aromatic nitrogens is 2. The molecule has 0 saturated carbocycles. The standard InChI is InChI=1S/C18H16BrN3O2/c1-2-24-13-7-8-14(16(23)9-13)17-15(10-21-18(20)22-17)11-3-5-12(19)6-4-11/h3-10,23H,2H2,1H3,(H2,20,21,22). The van der Waals surface area contributed by atoms with Crippen LogP contribution in [0.2, 0.25) is 0 Å². The van der Waals surface area contributed by atoms with Gasteiger partial charge in [0.25, 0.3) is 0 Å². The number of benzene rings is 2. The molecule has 0 unspecified atom stereocenters. The van der Waals surface area contributed by atoms with Crippen molar-refractivity contribution < 1.29 is 9.84 Å². The van der Waals surface area contributed by atoms with Crippen molar-refractivity contribution in [1.29, 1.82) is 0 Å². The SMILES string of the molecule is CCOc1ccc(-c2nc(N)ncc2-c2ccc(Br)cc2)c(O)c1. The van der Waals surface area contributed by atoms with E-state index in [9.17, 15) is 5.11 Å². The largest absolute Gasteiger partial charge is 0.507 e. The molecule has 0 bridgehead atoms. The van der Waals surface area contributed by atoms with Gasteiger partial charge in [0.15, 0.2) is 0 Å². The zero-order valence-corrected chi connectivity index (χ0v) is 14.6. The van der Waals surface area contributed by atoms with Gasteiger partial charge in [-0.1, -0.05) is 28.1 Å². The summed E-state index contributed by atoms with van der Waals surface area (Å²) >= 11 is 3.42. The molecule has 3 aromatic rings. The van der Waals surface area contributed by atoms with Gasteiger partial charge in [0.1, 0.15) is 11.5 Å². The molecule has 0 aliphatic carbocycles. The van der Waals surface area contributed by atoms with E-state index in [-0.39, 0.29) is 11.7 Å². The van der Waals surface area contributed by atoms with Crippen LogP contribution < -0.4 is 10.5 Å². The number of anilines is 1. The van der Waals surface area contributed by atoms with Crippen LogP contribution in [0.4, 0.5) is 5.95 Å². The molecule has 0 atom stereocenters. The van der Waals surface area contributed by atoms with Gasteiger partial charge in [-0.25, -0.2) is 9.97 Å². The van der Waals surface area contributed by atoms with E-state index in [4.69, 9.17) is 10.5 Å². The molecule has 1 aromatic heterocycles. The van der Waals surface area contributed by atoms with Crippen LogP contribution in [0.5, 0.6) is 11.5 Å². The number of aromatic hydroxyl groups is 1. The predicted octanol–water partition coefficient (Wildman–Crippen LogP) is 4.26. The molecule has 2 aromatic carbocycles. The lowest BCUT2D eigenvalue weighted by atomic mass is 10.00. The summed E-state index contributed by atoms with van der Waals surface area (Å²) in [6.45, 7) is 2.42. The third-order valence-electron chi connectivity index (χ3n) is 3.50. The first-order chi connectivity index (χ1) is 11.6. The van der Waals surface area contributed by atoms with E-state index in [2.05, 4.69) is 25.9 Å². The lowest BCUT2D eigenvalue weighted by Gasteiger charge is -2.12. The average molecular weight is 386 g/mol. The third-order valence-corrected chi connectivity index (χ3v) is 4.03. The van der Waals surface area contributed by atoms with Crippen LogP contribution in [0.25, 0.3) is 22.4 Å². The summed E-state index contributed by atoms with van der Waals surface area (Å²) in [5.74, 6) is 0.836. The van der Waals surface area contributed by atoms with Gasteiger partial charge in [-0.15, -0.1) is 0 Å². The second kappa shape index (κ2) is 6.88. The van der Waals surface area contributed by atoms with Gasteiger partial charge in [0.2, 0.25) is 5.95 Å². The third kappa shape index (κ3) is 3.33. The lowest BCUT2D eigenvalue weighted by Crippen LogP contribution is -1.99. The molecular weight excluding hydrogens is 370 g/mol. The van der Waals surface area contributed by atoms with Gasteiger partial charge in [-0.05, 0) is 36.8 Å². The van der Waals surface area contributed by atoms with Crippen molar-refractivity contribution in [1.82, 2.24) is 9.97 Å². The summed E-state index contributed by atoms with van der Waals surface area (Å²) in [6.07, 6.45) is 1.66. The van der Waals surface area contributed by atoms with Crippen molar-refractivity contribution in [3.63, 3.8) is 0 Å². The Bertz CT molecular complexity index is 867. The van der Waals surface area contributed by atoms with Crippen LogP contribution in [0.1, 0.15) is 6.92 Å². The molecule has 5 nitrogen and oxygen atoms in total. The second-order valence-corrected chi connectivity index (χ2v) is 6.03. The summed E-state index contributed by atoms with van der Waals surface area (Å²) in [5.41, 5.74) is 8.63. The highest BCUT2D eigenvalue weighted by molar-refractivity contribution is 9.10. The minimum absolute atomic E-state index is 0.0809. The van der Waals surface area contributed by atoms with Crippen LogP contribution in [-0.4, -0.2) is 21.7 Å². The van der Waals surface area contributed by atoms with Crippen molar-refractivity contribution in [2.75, 3.05) is 12.3 Å². The summed E-state index contributed by atoms with van der Waals surface area (Å²) in [4.78, 5) is 8.42. The van der Waals surface area contributed by atoms with E-state index < -0.39 is 0 Å². The molecule has 6 heteroatoms. The van der Waals surface area contributed by atoms with Crippen molar-refractivity contribution in [3.8, 4) is 33.9 Å².